The number of sulfonamides is 2. The summed E-state index contributed by atoms with van der Waals surface area (Å²) in [5, 5.41) is 28.1. The molecule has 24 heteroatoms. The number of nitrogen functional groups attached to an aromatic ring is 2. The molecule has 2 saturated heterocycles. The highest BCUT2D eigenvalue weighted by Crippen LogP contribution is 2.33. The van der Waals surface area contributed by atoms with Crippen molar-refractivity contribution in [2.75, 3.05) is 50.9 Å². The molecule has 0 spiro atoms. The number of amides is 2. The van der Waals surface area contributed by atoms with Gasteiger partial charge >= 0.3 is 12.2 Å². The van der Waals surface area contributed by atoms with Gasteiger partial charge in [0.15, 0.2) is 11.9 Å². The molecule has 416 valence electrons. The number of benzene rings is 4. The van der Waals surface area contributed by atoms with E-state index in [1.807, 2.05) is 88.4 Å². The fraction of sp³-hybridized carbons (Fsp3) is 0.434. The van der Waals surface area contributed by atoms with E-state index in [0.717, 1.165) is 22.4 Å². The maximum atomic E-state index is 13.7. The number of aliphatic hydroxyl groups is 2. The van der Waals surface area contributed by atoms with Gasteiger partial charge in [-0.05, 0) is 78.6 Å². The Labute approximate surface area is 453 Å². The van der Waals surface area contributed by atoms with Crippen LogP contribution in [-0.4, -0.2) is 134 Å². The number of aliphatic hydroxyl groups excluding tert-OH is 2. The standard InChI is InChI=1S/C27H37N3O7S.C26H31N5O6S2/c1-18(2)15-30(38(33,34)21-10-8-20(28)9-11-21)16-24(31)23(14-19-6-4-3-5-7-19)29-27(32)37-25-17-36-26-22(25)12-13-35-26;1-17(2)13-31(39(34,35)20-8-9-21-24(11-20)37-25(27)29-21)14-23(32)22(10-18-6-4-3-5-7-18)30-26(33)36-15-19-12-28-16-38-19/h3-11,18,22-26,31H,12-17,28H2,1-2H3,(H,29,32);3-9,11-12,16-17,22-23,32H,10,13-15H2,1-2H3,(H2,27,29)(H,30,33)/t22-,23-,24+,25-,26+;22-,23+/m00/s1. The molecule has 0 unspecified atom stereocenters. The number of oxazole rings is 1. The molecule has 8 rings (SSSR count). The van der Waals surface area contributed by atoms with E-state index in [0.29, 0.717) is 17.8 Å². The van der Waals surface area contributed by atoms with E-state index >= 15 is 0 Å². The molecule has 77 heavy (non-hydrogen) atoms. The quantitative estimate of drug-likeness (QED) is 0.0414. The van der Waals surface area contributed by atoms with Crippen molar-refractivity contribution < 1.29 is 60.0 Å². The molecule has 21 nitrogen and oxygen atoms in total. The van der Waals surface area contributed by atoms with Crippen LogP contribution in [0.25, 0.3) is 11.1 Å². The number of carbonyl (C=O) groups is 2. The van der Waals surface area contributed by atoms with Crippen molar-refractivity contribution in [2.45, 2.75) is 100 Å². The number of alkyl carbamates (subject to hydrolysis) is 2. The summed E-state index contributed by atoms with van der Waals surface area (Å²) in [4.78, 5) is 34.4. The summed E-state index contributed by atoms with van der Waals surface area (Å²) in [6, 6.07) is 27.2. The summed E-state index contributed by atoms with van der Waals surface area (Å²) in [5.74, 6) is -0.0634. The third-order valence-corrected chi connectivity index (χ3v) is 17.1. The molecule has 8 N–H and O–H groups in total. The highest BCUT2D eigenvalue weighted by atomic mass is 32.2. The van der Waals surface area contributed by atoms with Crippen LogP contribution in [0.15, 0.2) is 129 Å². The summed E-state index contributed by atoms with van der Waals surface area (Å²) in [7, 11) is -7.98. The van der Waals surface area contributed by atoms with E-state index in [-0.39, 0.29) is 97.7 Å². The first-order valence-electron chi connectivity index (χ1n) is 25.2. The van der Waals surface area contributed by atoms with Gasteiger partial charge in [-0.2, -0.15) is 13.6 Å². The molecule has 0 saturated carbocycles. The SMILES string of the molecule is CC(C)CN(C[C@@H](O)[C@H](Cc1ccccc1)NC(=O)OCc1cncs1)S(=O)(=O)c1ccc2nc(N)oc2c1.CC(C)CN(C[C@@H](O)[C@H](Cc1ccccc1)NC(=O)O[C@H]1CO[C@H]2OCC[C@H]21)S(=O)(=O)c1ccc(N)cc1. The van der Waals surface area contributed by atoms with Gasteiger partial charge in [-0.3, -0.25) is 4.98 Å². The monoisotopic (exact) mass is 1120 g/mol. The van der Waals surface area contributed by atoms with Gasteiger partial charge in [0.1, 0.15) is 18.2 Å². The Bertz CT molecular complexity index is 3040. The fourth-order valence-electron chi connectivity index (χ4n) is 8.87. The maximum absolute atomic E-state index is 13.7. The van der Waals surface area contributed by atoms with Crippen LogP contribution in [0, 0.1) is 17.8 Å². The number of carbonyl (C=O) groups excluding carboxylic acids is 2. The molecule has 4 aromatic carbocycles. The van der Waals surface area contributed by atoms with Gasteiger partial charge in [-0.15, -0.1) is 11.3 Å². The Hall–Kier alpha value is -6.22. The zero-order valence-corrected chi connectivity index (χ0v) is 45.7. The summed E-state index contributed by atoms with van der Waals surface area (Å²) >= 11 is 1.35. The van der Waals surface area contributed by atoms with Crippen LogP contribution in [-0.2, 0) is 58.4 Å². The normalized spacial score (nSPS) is 18.1. The average Bonchev–Trinajstić information content (AvgIpc) is 4.24. The van der Waals surface area contributed by atoms with Crippen molar-refractivity contribution in [3.63, 3.8) is 0 Å². The van der Waals surface area contributed by atoms with Crippen LogP contribution in [0.2, 0.25) is 0 Å². The first-order valence-corrected chi connectivity index (χ1v) is 29.0. The molecule has 0 aliphatic carbocycles. The third-order valence-electron chi connectivity index (χ3n) is 12.7. The van der Waals surface area contributed by atoms with Crippen LogP contribution in [0.1, 0.15) is 50.1 Å². The lowest BCUT2D eigenvalue weighted by Crippen LogP contribution is -2.51. The number of ether oxygens (including phenoxy) is 4. The zero-order chi connectivity index (χ0) is 55.3. The minimum absolute atomic E-state index is 0.000183. The van der Waals surface area contributed by atoms with Gasteiger partial charge < -0.3 is 55.7 Å². The molecule has 0 radical (unpaired) electrons. The predicted octanol–water partition coefficient (Wildman–Crippen LogP) is 5.79. The number of thiazole rings is 1. The smallest absolute Gasteiger partial charge is 0.407 e. The summed E-state index contributed by atoms with van der Waals surface area (Å²) < 4.78 is 84.2. The van der Waals surface area contributed by atoms with E-state index in [9.17, 15) is 36.6 Å². The Morgan fingerprint density at radius 3 is 1.87 bits per heavy atom. The molecule has 7 atom stereocenters. The molecule has 2 amide bonds. The number of fused-ring (bicyclic) bond motifs is 2. The van der Waals surface area contributed by atoms with E-state index in [2.05, 4.69) is 20.6 Å². The molecule has 0 bridgehead atoms. The molecule has 2 aliphatic rings. The number of nitrogens with zero attached hydrogens (tertiary/aromatic N) is 4. The lowest BCUT2D eigenvalue weighted by molar-refractivity contribution is -0.0907. The number of hydrogen-bond acceptors (Lipinski definition) is 18. The molecule has 2 aliphatic heterocycles. The van der Waals surface area contributed by atoms with Crippen molar-refractivity contribution in [2.24, 2.45) is 17.8 Å². The van der Waals surface area contributed by atoms with Crippen LogP contribution in [0.5, 0.6) is 0 Å². The van der Waals surface area contributed by atoms with Crippen molar-refractivity contribution in [3.05, 3.63) is 131 Å². The van der Waals surface area contributed by atoms with Gasteiger partial charge in [0.25, 0.3) is 6.01 Å². The van der Waals surface area contributed by atoms with Crippen molar-refractivity contribution in [3.8, 4) is 0 Å². The number of nitrogens with two attached hydrogens (primary N) is 2. The second-order valence-corrected chi connectivity index (χ2v) is 24.6. The van der Waals surface area contributed by atoms with Gasteiger partial charge in [0.05, 0.1) is 63.6 Å². The third kappa shape index (κ3) is 16.4. The van der Waals surface area contributed by atoms with E-state index < -0.39 is 62.6 Å². The molecule has 6 aromatic rings. The van der Waals surface area contributed by atoms with Gasteiger partial charge in [0.2, 0.25) is 20.0 Å². The van der Waals surface area contributed by atoms with Crippen LogP contribution < -0.4 is 22.1 Å². The first kappa shape index (κ1) is 58.5. The Morgan fingerprint density at radius 2 is 1.31 bits per heavy atom. The van der Waals surface area contributed by atoms with Gasteiger partial charge in [-0.1, -0.05) is 88.4 Å². The van der Waals surface area contributed by atoms with Crippen LogP contribution in [0.4, 0.5) is 21.3 Å². The second-order valence-electron chi connectivity index (χ2n) is 19.7. The lowest BCUT2D eigenvalue weighted by atomic mass is 10.0. The van der Waals surface area contributed by atoms with E-state index in [4.69, 9.17) is 34.8 Å². The van der Waals surface area contributed by atoms with Crippen molar-refractivity contribution in [1.82, 2.24) is 29.2 Å². The Kier molecular flexibility index (Phi) is 20.4. The lowest BCUT2D eigenvalue weighted by Gasteiger charge is -2.31. The Morgan fingerprint density at radius 1 is 0.753 bits per heavy atom. The summed E-state index contributed by atoms with van der Waals surface area (Å²) in [6.45, 7) is 8.26. The molecule has 2 fully saturated rings. The predicted molar refractivity (Wildman–Crippen MR) is 289 cm³/mol. The van der Waals surface area contributed by atoms with Crippen molar-refractivity contribution in [1.29, 1.82) is 0 Å². The number of anilines is 2. The Balaban J connectivity index is 0.000000224. The van der Waals surface area contributed by atoms with Gasteiger partial charge in [0, 0.05) is 44.1 Å². The van der Waals surface area contributed by atoms with Crippen LogP contribution >= 0.6 is 11.3 Å². The second kappa shape index (κ2) is 26.9. The molecule has 2 aromatic heterocycles. The molecule has 4 heterocycles. The summed E-state index contributed by atoms with van der Waals surface area (Å²) in [5.41, 5.74) is 15.8. The zero-order valence-electron chi connectivity index (χ0n) is 43.3. The molecular weight excluding hydrogens is 1050 g/mol. The topological polar surface area (TPSA) is 301 Å². The highest BCUT2D eigenvalue weighted by molar-refractivity contribution is 7.89. The summed E-state index contributed by atoms with van der Waals surface area (Å²) in [6.07, 6.45) is -1.80. The average molecular weight is 1120 g/mol. The van der Waals surface area contributed by atoms with Crippen molar-refractivity contribution >= 4 is 66.4 Å². The highest BCUT2D eigenvalue weighted by Gasteiger charge is 2.44. The fourth-order valence-corrected chi connectivity index (χ4v) is 12.6. The largest absolute Gasteiger partial charge is 0.444 e. The van der Waals surface area contributed by atoms with Gasteiger partial charge in [-0.25, -0.2) is 26.4 Å². The number of rotatable bonds is 23. The number of aromatic nitrogens is 2. The molecular formula is C53H68N8O13S3. The maximum Gasteiger partial charge on any atom is 0.407 e. The minimum atomic E-state index is -4.05. The van der Waals surface area contributed by atoms with E-state index in [1.54, 1.807) is 11.7 Å². The van der Waals surface area contributed by atoms with E-state index in [1.165, 1.54) is 62.4 Å². The number of nitrogens with one attached hydrogen (secondary N) is 2. The minimum Gasteiger partial charge on any atom is -0.444 e. The first-order chi connectivity index (χ1) is 36.7. The number of hydrogen-bond donors (Lipinski definition) is 6. The van der Waals surface area contributed by atoms with Crippen LogP contribution in [0.3, 0.4) is 0 Å².